The molecule has 0 fully saturated rings. The van der Waals surface area contributed by atoms with Crippen LogP contribution in [-0.2, 0) is 0 Å². The zero-order valence-corrected chi connectivity index (χ0v) is 11.8. The number of halogens is 1. The number of pyridine rings is 1. The normalized spacial score (nSPS) is 10.6. The summed E-state index contributed by atoms with van der Waals surface area (Å²) in [5, 5.41) is 1.04. The Bertz CT molecular complexity index is 746. The molecule has 0 radical (unpaired) electrons. The first kappa shape index (κ1) is 12.0. The van der Waals surface area contributed by atoms with Crippen molar-refractivity contribution >= 4 is 26.8 Å². The summed E-state index contributed by atoms with van der Waals surface area (Å²) in [6.07, 6.45) is 1.45. The van der Waals surface area contributed by atoms with E-state index in [0.29, 0.717) is 16.2 Å². The molecule has 5 heteroatoms. The van der Waals surface area contributed by atoms with E-state index in [9.17, 15) is 0 Å². The van der Waals surface area contributed by atoms with E-state index in [1.165, 1.54) is 6.33 Å². The number of fused-ring (bicyclic) bond motifs is 1. The highest BCUT2D eigenvalue weighted by Crippen LogP contribution is 2.28. The maximum absolute atomic E-state index is 5.78. The minimum absolute atomic E-state index is 0.484. The number of aryl methyl sites for hydroxylation is 1. The smallest absolute Gasteiger partial charge is 0.223 e. The molecule has 0 unspecified atom stereocenters. The molecular weight excluding hydrogens is 306 g/mol. The van der Waals surface area contributed by atoms with Gasteiger partial charge < -0.3 is 4.74 Å². The molecule has 0 atom stereocenters. The Morgan fingerprint density at radius 3 is 2.84 bits per heavy atom. The van der Waals surface area contributed by atoms with E-state index in [4.69, 9.17) is 4.74 Å². The second-order valence-corrected chi connectivity index (χ2v) is 4.87. The second kappa shape index (κ2) is 4.93. The summed E-state index contributed by atoms with van der Waals surface area (Å²) in [4.78, 5) is 12.6. The van der Waals surface area contributed by atoms with Crippen molar-refractivity contribution in [2.24, 2.45) is 0 Å². The van der Waals surface area contributed by atoms with Crippen molar-refractivity contribution in [3.05, 3.63) is 53.0 Å². The van der Waals surface area contributed by atoms with Crippen LogP contribution in [0, 0.1) is 6.92 Å². The largest absolute Gasteiger partial charge is 0.437 e. The average Bonchev–Trinajstić information content (AvgIpc) is 2.39. The quantitative estimate of drug-likeness (QED) is 0.673. The van der Waals surface area contributed by atoms with Gasteiger partial charge in [0.1, 0.15) is 16.4 Å². The average molecular weight is 316 g/mol. The lowest BCUT2D eigenvalue weighted by molar-refractivity contribution is 0.465. The molecule has 94 valence electrons. The van der Waals surface area contributed by atoms with Gasteiger partial charge in [-0.2, -0.15) is 0 Å². The van der Waals surface area contributed by atoms with Gasteiger partial charge in [-0.1, -0.05) is 18.2 Å². The lowest BCUT2D eigenvalue weighted by atomic mass is 10.2. The van der Waals surface area contributed by atoms with E-state index in [1.54, 1.807) is 6.07 Å². The number of benzene rings is 1. The summed E-state index contributed by atoms with van der Waals surface area (Å²) < 4.78 is 6.47. The summed E-state index contributed by atoms with van der Waals surface area (Å²) in [6, 6.07) is 11.5. The second-order valence-electron chi connectivity index (χ2n) is 4.06. The Labute approximate surface area is 118 Å². The monoisotopic (exact) mass is 315 g/mol. The van der Waals surface area contributed by atoms with Crippen LogP contribution in [-0.4, -0.2) is 15.0 Å². The van der Waals surface area contributed by atoms with Gasteiger partial charge in [-0.15, -0.1) is 0 Å². The van der Waals surface area contributed by atoms with E-state index in [2.05, 4.69) is 30.9 Å². The summed E-state index contributed by atoms with van der Waals surface area (Å²) >= 11 is 3.29. The van der Waals surface area contributed by atoms with Crippen LogP contribution in [0.2, 0.25) is 0 Å². The van der Waals surface area contributed by atoms with Gasteiger partial charge in [0.05, 0.1) is 0 Å². The predicted molar refractivity (Wildman–Crippen MR) is 76.3 cm³/mol. The molecule has 0 spiro atoms. The number of hydrogen-bond acceptors (Lipinski definition) is 4. The van der Waals surface area contributed by atoms with Gasteiger partial charge in [-0.3, -0.25) is 0 Å². The maximum Gasteiger partial charge on any atom is 0.223 e. The third-order valence-electron chi connectivity index (χ3n) is 2.65. The molecule has 3 aromatic rings. The molecule has 2 heterocycles. The van der Waals surface area contributed by atoms with E-state index < -0.39 is 0 Å². The highest BCUT2D eigenvalue weighted by molar-refractivity contribution is 9.10. The summed E-state index contributed by atoms with van der Waals surface area (Å²) in [6.45, 7) is 1.96. The minimum Gasteiger partial charge on any atom is -0.437 e. The molecule has 0 aliphatic heterocycles. The third-order valence-corrected chi connectivity index (χ3v) is 3.08. The molecule has 0 amide bonds. The highest BCUT2D eigenvalue weighted by atomic mass is 79.9. The van der Waals surface area contributed by atoms with E-state index >= 15 is 0 Å². The number of nitrogens with zero attached hydrogens (tertiary/aromatic N) is 3. The Balaban J connectivity index is 2.07. The minimum atomic E-state index is 0.484. The maximum atomic E-state index is 5.78. The number of hydrogen-bond donors (Lipinski definition) is 0. The first-order valence-corrected chi connectivity index (χ1v) is 6.53. The number of para-hydroxylation sites is 1. The topological polar surface area (TPSA) is 47.9 Å². The van der Waals surface area contributed by atoms with Crippen LogP contribution < -0.4 is 4.74 Å². The molecule has 0 bridgehead atoms. The highest BCUT2D eigenvalue weighted by Gasteiger charge is 2.06. The van der Waals surface area contributed by atoms with Crippen molar-refractivity contribution in [2.45, 2.75) is 6.92 Å². The molecule has 2 aromatic heterocycles. The molecule has 19 heavy (non-hydrogen) atoms. The Hall–Kier alpha value is -2.01. The van der Waals surface area contributed by atoms with Crippen molar-refractivity contribution < 1.29 is 4.74 Å². The molecule has 1 aromatic carbocycles. The van der Waals surface area contributed by atoms with E-state index in [-0.39, 0.29) is 0 Å². The molecule has 4 nitrogen and oxygen atoms in total. The van der Waals surface area contributed by atoms with Gasteiger partial charge in [0.15, 0.2) is 5.75 Å². The zero-order chi connectivity index (χ0) is 13.2. The van der Waals surface area contributed by atoms with Gasteiger partial charge in [0.2, 0.25) is 5.88 Å². The first-order valence-electron chi connectivity index (χ1n) is 5.74. The van der Waals surface area contributed by atoms with Gasteiger partial charge in [0, 0.05) is 17.1 Å². The van der Waals surface area contributed by atoms with Crippen LogP contribution in [0.4, 0.5) is 0 Å². The van der Waals surface area contributed by atoms with Crippen molar-refractivity contribution in [3.8, 4) is 11.6 Å². The number of ether oxygens (including phenoxy) is 1. The zero-order valence-electron chi connectivity index (χ0n) is 10.2. The third kappa shape index (κ3) is 2.56. The SMILES string of the molecule is Cc1ccc2cccc(Oc3cc(Br)ncn3)c2n1. The first-order chi connectivity index (χ1) is 9.22. The van der Waals surface area contributed by atoms with Crippen LogP contribution in [0.1, 0.15) is 5.69 Å². The molecule has 0 N–H and O–H groups in total. The van der Waals surface area contributed by atoms with Crippen molar-refractivity contribution in [1.82, 2.24) is 15.0 Å². The fraction of sp³-hybridized carbons (Fsp3) is 0.0714. The van der Waals surface area contributed by atoms with Gasteiger partial charge in [-0.05, 0) is 35.0 Å². The van der Waals surface area contributed by atoms with Gasteiger partial charge >= 0.3 is 0 Å². The summed E-state index contributed by atoms with van der Waals surface area (Å²) in [5.74, 6) is 1.17. The van der Waals surface area contributed by atoms with Crippen LogP contribution in [0.3, 0.4) is 0 Å². The van der Waals surface area contributed by atoms with Crippen LogP contribution in [0.25, 0.3) is 10.9 Å². The Morgan fingerprint density at radius 2 is 2.00 bits per heavy atom. The van der Waals surface area contributed by atoms with Crippen molar-refractivity contribution in [1.29, 1.82) is 0 Å². The predicted octanol–water partition coefficient (Wildman–Crippen LogP) is 3.89. The molecule has 3 rings (SSSR count). The summed E-state index contributed by atoms with van der Waals surface area (Å²) in [7, 11) is 0. The van der Waals surface area contributed by atoms with Crippen LogP contribution >= 0.6 is 15.9 Å². The molecule has 0 saturated heterocycles. The molecule has 0 aliphatic rings. The molecule has 0 aliphatic carbocycles. The lowest BCUT2D eigenvalue weighted by Crippen LogP contribution is -1.92. The van der Waals surface area contributed by atoms with Crippen molar-refractivity contribution in [2.75, 3.05) is 0 Å². The van der Waals surface area contributed by atoms with Crippen molar-refractivity contribution in [3.63, 3.8) is 0 Å². The standard InChI is InChI=1S/C14H10BrN3O/c1-9-5-6-10-3-2-4-11(14(10)18-9)19-13-7-12(15)16-8-17-13/h2-8H,1H3. The van der Waals surface area contributed by atoms with Crippen LogP contribution in [0.5, 0.6) is 11.6 Å². The number of rotatable bonds is 2. The van der Waals surface area contributed by atoms with E-state index in [1.807, 2.05) is 37.3 Å². The van der Waals surface area contributed by atoms with Gasteiger partial charge in [0.25, 0.3) is 0 Å². The molecular formula is C14H10BrN3O. The fourth-order valence-electron chi connectivity index (χ4n) is 1.79. The van der Waals surface area contributed by atoms with Crippen LogP contribution in [0.15, 0.2) is 47.3 Å². The molecule has 0 saturated carbocycles. The number of aromatic nitrogens is 3. The van der Waals surface area contributed by atoms with Gasteiger partial charge in [-0.25, -0.2) is 15.0 Å². The fourth-order valence-corrected chi connectivity index (χ4v) is 2.07. The van der Waals surface area contributed by atoms with E-state index in [0.717, 1.165) is 16.6 Å². The Morgan fingerprint density at radius 1 is 1.11 bits per heavy atom. The Kier molecular flexibility index (Phi) is 3.13. The summed E-state index contributed by atoms with van der Waals surface area (Å²) in [5.41, 5.74) is 1.78. The lowest BCUT2D eigenvalue weighted by Gasteiger charge is -2.07.